The highest BCUT2D eigenvalue weighted by molar-refractivity contribution is 8.16. The van der Waals surface area contributed by atoms with Crippen LogP contribution in [-0.2, 0) is 22.0 Å². The van der Waals surface area contributed by atoms with Crippen LogP contribution in [0.3, 0.4) is 0 Å². The minimum Gasteiger partial charge on any atom is -0.444 e. The van der Waals surface area contributed by atoms with Gasteiger partial charge in [0.25, 0.3) is 0 Å². The topological polar surface area (TPSA) is 80.0 Å². The molecular formula is C22H34N4O2S2. The van der Waals surface area contributed by atoms with Crippen molar-refractivity contribution in [1.82, 2.24) is 15.3 Å². The van der Waals surface area contributed by atoms with Crippen molar-refractivity contribution < 1.29 is 8.63 Å². The van der Waals surface area contributed by atoms with E-state index in [0.29, 0.717) is 5.89 Å². The predicted molar refractivity (Wildman–Crippen MR) is 129 cm³/mol. The Morgan fingerprint density at radius 1 is 1.33 bits per heavy atom. The summed E-state index contributed by atoms with van der Waals surface area (Å²) < 4.78 is 19.0. The second kappa shape index (κ2) is 13.3. The smallest absolute Gasteiger partial charge is 0.207 e. The normalized spacial score (nSPS) is 16.1. The molecule has 30 heavy (non-hydrogen) atoms. The first-order valence-electron chi connectivity index (χ1n) is 10.2. The molecule has 2 aromatic heterocycles. The van der Waals surface area contributed by atoms with Gasteiger partial charge in [0.15, 0.2) is 5.50 Å². The van der Waals surface area contributed by atoms with Crippen molar-refractivity contribution in [2.45, 2.75) is 64.6 Å². The summed E-state index contributed by atoms with van der Waals surface area (Å²) in [4.78, 5) is 8.46. The van der Waals surface area contributed by atoms with Crippen LogP contribution in [0.2, 0.25) is 0 Å². The number of hydrogen-bond donors (Lipinski definition) is 2. The van der Waals surface area contributed by atoms with Crippen LogP contribution < -0.4 is 10.6 Å². The molecule has 3 heterocycles. The summed E-state index contributed by atoms with van der Waals surface area (Å²) >= 11 is 1.46. The number of pyridine rings is 1. The van der Waals surface area contributed by atoms with Crippen molar-refractivity contribution in [3.63, 3.8) is 0 Å². The fraction of sp³-hybridized carbons (Fsp3) is 0.455. The molecule has 0 aromatic carbocycles. The van der Waals surface area contributed by atoms with Gasteiger partial charge in [0, 0.05) is 17.8 Å². The monoisotopic (exact) mass is 450 g/mol. The van der Waals surface area contributed by atoms with E-state index >= 15 is 0 Å². The van der Waals surface area contributed by atoms with Gasteiger partial charge in [-0.25, -0.2) is 9.97 Å². The standard InChI is InChI=1S/C17H20N4O2S2.C3H8.C2H6/c1-4-17(2,3)12-9-19-14(23-12)11-25(22)15-10-20-16(24-15)21-13-7-5-6-8-18-13;1-3-2;1-2/h4-10,16,20H,1,11H2,2-3H3,(H,18,21);3H2,1-2H3;1-2H3. The number of hydrogen-bond acceptors (Lipinski definition) is 7. The van der Waals surface area contributed by atoms with Crippen molar-refractivity contribution in [2.24, 2.45) is 0 Å². The Hall–Kier alpha value is -2.06. The van der Waals surface area contributed by atoms with E-state index in [2.05, 4.69) is 41.0 Å². The average molecular weight is 451 g/mol. The lowest BCUT2D eigenvalue weighted by Gasteiger charge is -2.15. The molecule has 0 amide bonds. The summed E-state index contributed by atoms with van der Waals surface area (Å²) in [5, 5.41) is 6.38. The van der Waals surface area contributed by atoms with Crippen LogP contribution in [0.1, 0.15) is 59.6 Å². The van der Waals surface area contributed by atoms with E-state index in [9.17, 15) is 4.21 Å². The van der Waals surface area contributed by atoms with Crippen molar-refractivity contribution in [2.75, 3.05) is 5.32 Å². The number of rotatable bonds is 7. The molecule has 2 aromatic rings. The maximum absolute atomic E-state index is 12.6. The lowest BCUT2D eigenvalue weighted by atomic mass is 9.91. The molecule has 2 unspecified atom stereocenters. The lowest BCUT2D eigenvalue weighted by molar-refractivity contribution is 0.414. The molecule has 166 valence electrons. The van der Waals surface area contributed by atoms with Gasteiger partial charge < -0.3 is 15.1 Å². The number of aromatic nitrogens is 2. The van der Waals surface area contributed by atoms with Gasteiger partial charge in [-0.1, -0.05) is 58.0 Å². The minimum atomic E-state index is -1.22. The van der Waals surface area contributed by atoms with E-state index in [1.807, 2.05) is 45.9 Å². The van der Waals surface area contributed by atoms with Crippen LogP contribution >= 0.6 is 11.8 Å². The molecule has 0 spiro atoms. The van der Waals surface area contributed by atoms with Crippen LogP contribution in [0.15, 0.2) is 58.1 Å². The van der Waals surface area contributed by atoms with Crippen LogP contribution in [0.4, 0.5) is 5.82 Å². The van der Waals surface area contributed by atoms with E-state index in [4.69, 9.17) is 4.42 Å². The van der Waals surface area contributed by atoms with E-state index in [1.54, 1.807) is 24.7 Å². The molecule has 6 nitrogen and oxygen atoms in total. The summed E-state index contributed by atoms with van der Waals surface area (Å²) in [7, 11) is -1.22. The molecule has 0 saturated carbocycles. The molecule has 2 N–H and O–H groups in total. The molecule has 0 fully saturated rings. The Kier molecular flexibility index (Phi) is 11.5. The number of oxazole rings is 1. The molecule has 0 aliphatic carbocycles. The van der Waals surface area contributed by atoms with Gasteiger partial charge in [0.05, 0.1) is 21.2 Å². The van der Waals surface area contributed by atoms with E-state index in [0.717, 1.165) is 15.8 Å². The van der Waals surface area contributed by atoms with Gasteiger partial charge in [-0.05, 0) is 26.0 Å². The second-order valence-electron chi connectivity index (χ2n) is 6.73. The highest BCUT2D eigenvalue weighted by atomic mass is 32.2. The first-order chi connectivity index (χ1) is 14.4. The van der Waals surface area contributed by atoms with Crippen LogP contribution in [0, 0.1) is 0 Å². The molecule has 2 atom stereocenters. The third kappa shape index (κ3) is 7.99. The zero-order valence-electron chi connectivity index (χ0n) is 18.8. The van der Waals surface area contributed by atoms with Gasteiger partial charge >= 0.3 is 0 Å². The molecule has 1 aliphatic rings. The van der Waals surface area contributed by atoms with Crippen molar-refractivity contribution in [3.05, 3.63) is 65.3 Å². The molecule has 0 saturated heterocycles. The number of nitrogens with zero attached hydrogens (tertiary/aromatic N) is 2. The SMILES string of the molecule is C=CC(C)(C)c1cnc(CS(=O)C2=CNC(Nc3ccccn3)S2)o1.CC.CCC. The summed E-state index contributed by atoms with van der Waals surface area (Å²) in [6, 6.07) is 5.65. The van der Waals surface area contributed by atoms with E-state index in [1.165, 1.54) is 18.2 Å². The maximum atomic E-state index is 12.6. The van der Waals surface area contributed by atoms with Crippen LogP contribution in [0.25, 0.3) is 0 Å². The number of thioether (sulfide) groups is 1. The maximum Gasteiger partial charge on any atom is 0.207 e. The molecule has 0 bridgehead atoms. The van der Waals surface area contributed by atoms with Crippen molar-refractivity contribution in [1.29, 1.82) is 0 Å². The summed E-state index contributed by atoms with van der Waals surface area (Å²) in [6.07, 6.45) is 8.22. The molecule has 3 rings (SSSR count). The van der Waals surface area contributed by atoms with E-state index < -0.39 is 10.8 Å². The van der Waals surface area contributed by atoms with Crippen molar-refractivity contribution in [3.8, 4) is 0 Å². The lowest BCUT2D eigenvalue weighted by Crippen LogP contribution is -2.25. The number of nitrogens with one attached hydrogen (secondary N) is 2. The quantitative estimate of drug-likeness (QED) is 0.519. The Morgan fingerprint density at radius 2 is 2.03 bits per heavy atom. The van der Waals surface area contributed by atoms with Crippen molar-refractivity contribution >= 4 is 28.4 Å². The van der Waals surface area contributed by atoms with E-state index in [-0.39, 0.29) is 16.7 Å². The molecule has 0 radical (unpaired) electrons. The highest BCUT2D eigenvalue weighted by Gasteiger charge is 2.25. The zero-order valence-corrected chi connectivity index (χ0v) is 20.4. The average Bonchev–Trinajstić information content (AvgIpc) is 3.41. The second-order valence-corrected chi connectivity index (χ2v) is 9.55. The summed E-state index contributed by atoms with van der Waals surface area (Å²) in [6.45, 7) is 16.0. The van der Waals surface area contributed by atoms with Crippen LogP contribution in [0.5, 0.6) is 0 Å². The molecular weight excluding hydrogens is 416 g/mol. The van der Waals surface area contributed by atoms with Gasteiger partial charge in [0.1, 0.15) is 17.3 Å². The first-order valence-corrected chi connectivity index (χ1v) is 12.4. The Bertz CT molecular complexity index is 820. The van der Waals surface area contributed by atoms with Crippen LogP contribution in [-0.4, -0.2) is 19.7 Å². The third-order valence-electron chi connectivity index (χ3n) is 3.71. The third-order valence-corrected chi connectivity index (χ3v) is 6.47. The number of anilines is 1. The summed E-state index contributed by atoms with van der Waals surface area (Å²) in [5.74, 6) is 2.18. The Labute approximate surface area is 187 Å². The fourth-order valence-electron chi connectivity index (χ4n) is 2.06. The van der Waals surface area contributed by atoms with Gasteiger partial charge in [-0.2, -0.15) is 0 Å². The minimum absolute atomic E-state index is 0.103. The van der Waals surface area contributed by atoms with Gasteiger partial charge in [0.2, 0.25) is 5.89 Å². The van der Waals surface area contributed by atoms with Gasteiger partial charge in [-0.3, -0.25) is 4.21 Å². The predicted octanol–water partition coefficient (Wildman–Crippen LogP) is 5.76. The highest BCUT2D eigenvalue weighted by Crippen LogP contribution is 2.31. The zero-order chi connectivity index (χ0) is 22.6. The van der Waals surface area contributed by atoms with Gasteiger partial charge in [-0.15, -0.1) is 6.58 Å². The molecule has 1 aliphatic heterocycles. The number of allylic oxidation sites excluding steroid dienone is 1. The Balaban J connectivity index is 0.000000826. The first kappa shape index (κ1) is 26.0. The molecule has 8 heteroatoms. The largest absolute Gasteiger partial charge is 0.444 e. The summed E-state index contributed by atoms with van der Waals surface area (Å²) in [5.41, 5.74) is -0.401. The Morgan fingerprint density at radius 3 is 2.63 bits per heavy atom. The fourth-order valence-corrected chi connectivity index (χ4v) is 4.34.